The summed E-state index contributed by atoms with van der Waals surface area (Å²) in [6, 6.07) is 15.8. The molecule has 0 spiro atoms. The van der Waals surface area contributed by atoms with Crippen LogP contribution in [0.3, 0.4) is 0 Å². The first-order valence-corrected chi connectivity index (χ1v) is 8.33. The zero-order valence-corrected chi connectivity index (χ0v) is 15.0. The molecule has 0 saturated carbocycles. The van der Waals surface area contributed by atoms with E-state index < -0.39 is 0 Å². The Labute approximate surface area is 145 Å². The molecule has 2 rings (SSSR count). The molecule has 0 heterocycles. The minimum atomic E-state index is 0.0576. The predicted octanol–water partition coefficient (Wildman–Crippen LogP) is 4.51. The lowest BCUT2D eigenvalue weighted by Gasteiger charge is -2.12. The third-order valence-corrected chi connectivity index (χ3v) is 4.12. The summed E-state index contributed by atoms with van der Waals surface area (Å²) in [6.45, 7) is 2.09. The van der Waals surface area contributed by atoms with E-state index in [1.54, 1.807) is 7.11 Å². The number of halogens is 1. The van der Waals surface area contributed by atoms with Gasteiger partial charge in [-0.2, -0.15) is 0 Å². The monoisotopic (exact) mass is 409 g/mol. The fourth-order valence-corrected chi connectivity index (χ4v) is 2.66. The number of amides is 1. The average Bonchev–Trinajstić information content (AvgIpc) is 2.50. The van der Waals surface area contributed by atoms with E-state index in [0.29, 0.717) is 6.42 Å². The van der Waals surface area contributed by atoms with Crippen molar-refractivity contribution in [3.63, 3.8) is 0 Å². The summed E-state index contributed by atoms with van der Waals surface area (Å²) in [6.07, 6.45) is 1.39. The lowest BCUT2D eigenvalue weighted by atomic mass is 9.97. The summed E-state index contributed by atoms with van der Waals surface area (Å²) in [7, 11) is 1.66. The summed E-state index contributed by atoms with van der Waals surface area (Å²) in [4.78, 5) is 12.1. The number of benzene rings is 2. The number of carbonyl (C=O) groups excluding carboxylic acids is 1. The van der Waals surface area contributed by atoms with Gasteiger partial charge in [0.2, 0.25) is 5.91 Å². The third kappa shape index (κ3) is 5.33. The Bertz CT molecular complexity index is 608. The molecular formula is C18H20INO2. The Hall–Kier alpha value is -1.56. The normalized spacial score (nSPS) is 11.8. The molecule has 0 aliphatic rings. The van der Waals surface area contributed by atoms with Crippen LogP contribution in [0.2, 0.25) is 0 Å². The Morgan fingerprint density at radius 1 is 1.14 bits per heavy atom. The highest BCUT2D eigenvalue weighted by Gasteiger charge is 2.10. The Morgan fingerprint density at radius 2 is 1.77 bits per heavy atom. The van der Waals surface area contributed by atoms with Crippen molar-refractivity contribution in [2.24, 2.45) is 5.92 Å². The summed E-state index contributed by atoms with van der Waals surface area (Å²) in [5.74, 6) is 1.20. The smallest absolute Gasteiger partial charge is 0.224 e. The number of hydrogen-bond donors (Lipinski definition) is 1. The molecule has 22 heavy (non-hydrogen) atoms. The second-order valence-electron chi connectivity index (χ2n) is 5.42. The topological polar surface area (TPSA) is 38.3 Å². The van der Waals surface area contributed by atoms with E-state index in [4.69, 9.17) is 4.74 Å². The number of nitrogens with one attached hydrogen (secondary N) is 1. The van der Waals surface area contributed by atoms with Crippen molar-refractivity contribution in [1.29, 1.82) is 0 Å². The van der Waals surface area contributed by atoms with Crippen molar-refractivity contribution < 1.29 is 9.53 Å². The standard InChI is InChI=1S/C18H20INO2/c1-13(11-14-3-9-17(22-2)10-4-14)12-18(21)20-16-7-5-15(19)6-8-16/h3-10,13H,11-12H2,1-2H3,(H,20,21). The highest BCUT2D eigenvalue weighted by Crippen LogP contribution is 2.17. The highest BCUT2D eigenvalue weighted by atomic mass is 127. The zero-order chi connectivity index (χ0) is 15.9. The molecule has 0 aromatic heterocycles. The van der Waals surface area contributed by atoms with Crippen molar-refractivity contribution >= 4 is 34.2 Å². The van der Waals surface area contributed by atoms with Crippen molar-refractivity contribution in [2.75, 3.05) is 12.4 Å². The lowest BCUT2D eigenvalue weighted by Crippen LogP contribution is -2.16. The minimum absolute atomic E-state index is 0.0576. The van der Waals surface area contributed by atoms with Crippen molar-refractivity contribution in [3.8, 4) is 5.75 Å². The van der Waals surface area contributed by atoms with Gasteiger partial charge < -0.3 is 10.1 Å². The molecule has 1 amide bonds. The summed E-state index contributed by atoms with van der Waals surface area (Å²) in [5, 5.41) is 2.94. The number of rotatable bonds is 6. The average molecular weight is 409 g/mol. The second kappa shape index (κ2) is 8.17. The van der Waals surface area contributed by atoms with E-state index in [1.807, 2.05) is 48.5 Å². The van der Waals surface area contributed by atoms with Gasteiger partial charge >= 0.3 is 0 Å². The number of methoxy groups -OCH3 is 1. The van der Waals surface area contributed by atoms with Crippen molar-refractivity contribution in [1.82, 2.24) is 0 Å². The molecular weight excluding hydrogens is 389 g/mol. The van der Waals surface area contributed by atoms with Gasteiger partial charge in [-0.15, -0.1) is 0 Å². The quantitative estimate of drug-likeness (QED) is 0.714. The molecule has 0 aliphatic heterocycles. The van der Waals surface area contributed by atoms with Crippen molar-refractivity contribution in [3.05, 3.63) is 57.7 Å². The molecule has 0 saturated heterocycles. The lowest BCUT2D eigenvalue weighted by molar-refractivity contribution is -0.116. The molecule has 0 radical (unpaired) electrons. The zero-order valence-electron chi connectivity index (χ0n) is 12.8. The van der Waals surface area contributed by atoms with Crippen molar-refractivity contribution in [2.45, 2.75) is 19.8 Å². The molecule has 4 heteroatoms. The van der Waals surface area contributed by atoms with E-state index in [1.165, 1.54) is 5.56 Å². The Morgan fingerprint density at radius 3 is 2.36 bits per heavy atom. The Balaban J connectivity index is 1.83. The van der Waals surface area contributed by atoms with Gasteiger partial charge in [0.25, 0.3) is 0 Å². The first-order valence-electron chi connectivity index (χ1n) is 7.25. The molecule has 1 N–H and O–H groups in total. The van der Waals surface area contributed by atoms with E-state index in [-0.39, 0.29) is 11.8 Å². The van der Waals surface area contributed by atoms with Crippen LogP contribution >= 0.6 is 22.6 Å². The maximum absolute atomic E-state index is 12.1. The largest absolute Gasteiger partial charge is 0.497 e. The van der Waals surface area contributed by atoms with E-state index in [0.717, 1.165) is 21.4 Å². The predicted molar refractivity (Wildman–Crippen MR) is 98.3 cm³/mol. The molecule has 1 atom stereocenters. The van der Waals surface area contributed by atoms with Crippen LogP contribution in [-0.4, -0.2) is 13.0 Å². The fraction of sp³-hybridized carbons (Fsp3) is 0.278. The second-order valence-corrected chi connectivity index (χ2v) is 6.66. The number of anilines is 1. The Kier molecular flexibility index (Phi) is 6.24. The van der Waals surface area contributed by atoms with E-state index in [2.05, 4.69) is 34.8 Å². The van der Waals surface area contributed by atoms with Gasteiger partial charge in [0, 0.05) is 15.7 Å². The van der Waals surface area contributed by atoms with Crippen LogP contribution in [0, 0.1) is 9.49 Å². The molecule has 116 valence electrons. The molecule has 3 nitrogen and oxygen atoms in total. The summed E-state index contributed by atoms with van der Waals surface area (Å²) in [5.41, 5.74) is 2.07. The van der Waals surface area contributed by atoms with Crippen LogP contribution in [0.25, 0.3) is 0 Å². The minimum Gasteiger partial charge on any atom is -0.497 e. The number of hydrogen-bond acceptors (Lipinski definition) is 2. The maximum atomic E-state index is 12.1. The van der Waals surface area contributed by atoms with Crippen LogP contribution in [0.15, 0.2) is 48.5 Å². The van der Waals surface area contributed by atoms with Crippen LogP contribution < -0.4 is 10.1 Å². The van der Waals surface area contributed by atoms with Gasteiger partial charge in [-0.1, -0.05) is 19.1 Å². The van der Waals surface area contributed by atoms with Gasteiger partial charge in [-0.3, -0.25) is 4.79 Å². The molecule has 2 aromatic carbocycles. The first-order chi connectivity index (χ1) is 10.6. The summed E-state index contributed by atoms with van der Waals surface area (Å²) >= 11 is 2.25. The fourth-order valence-electron chi connectivity index (χ4n) is 2.30. The summed E-state index contributed by atoms with van der Waals surface area (Å²) < 4.78 is 6.30. The van der Waals surface area contributed by atoms with Crippen LogP contribution in [0.5, 0.6) is 5.75 Å². The SMILES string of the molecule is COc1ccc(CC(C)CC(=O)Nc2ccc(I)cc2)cc1. The maximum Gasteiger partial charge on any atom is 0.224 e. The van der Waals surface area contributed by atoms with Gasteiger partial charge in [0.1, 0.15) is 5.75 Å². The van der Waals surface area contributed by atoms with E-state index in [9.17, 15) is 4.79 Å². The molecule has 0 fully saturated rings. The molecule has 0 bridgehead atoms. The molecule has 2 aromatic rings. The first kappa shape index (κ1) is 16.8. The third-order valence-electron chi connectivity index (χ3n) is 3.41. The van der Waals surface area contributed by atoms with Gasteiger partial charge in [0.05, 0.1) is 7.11 Å². The van der Waals surface area contributed by atoms with Crippen LogP contribution in [0.1, 0.15) is 18.9 Å². The highest BCUT2D eigenvalue weighted by molar-refractivity contribution is 14.1. The van der Waals surface area contributed by atoms with Gasteiger partial charge in [-0.05, 0) is 76.9 Å². The van der Waals surface area contributed by atoms with Crippen LogP contribution in [-0.2, 0) is 11.2 Å². The van der Waals surface area contributed by atoms with Crippen LogP contribution in [0.4, 0.5) is 5.69 Å². The van der Waals surface area contributed by atoms with Gasteiger partial charge in [-0.25, -0.2) is 0 Å². The van der Waals surface area contributed by atoms with E-state index >= 15 is 0 Å². The number of ether oxygens (including phenoxy) is 1. The number of carbonyl (C=O) groups is 1. The molecule has 1 unspecified atom stereocenters. The van der Waals surface area contributed by atoms with Gasteiger partial charge in [0.15, 0.2) is 0 Å². The molecule has 0 aliphatic carbocycles.